The van der Waals surface area contributed by atoms with E-state index in [-0.39, 0.29) is 11.8 Å². The molecule has 0 aliphatic carbocycles. The van der Waals surface area contributed by atoms with Crippen molar-refractivity contribution < 1.29 is 19.1 Å². The molecular weight excluding hydrogens is 470 g/mol. The second-order valence-electron chi connectivity index (χ2n) is 7.59. The molecule has 3 aromatic rings. The normalized spacial score (nSPS) is 15.5. The van der Waals surface area contributed by atoms with Crippen molar-refractivity contribution >= 4 is 46.7 Å². The summed E-state index contributed by atoms with van der Waals surface area (Å²) in [5, 5.41) is 5.87. The molecule has 1 unspecified atom stereocenters. The Kier molecular flexibility index (Phi) is 7.87. The van der Waals surface area contributed by atoms with Gasteiger partial charge in [-0.15, -0.1) is 23.1 Å². The zero-order valence-electron chi connectivity index (χ0n) is 18.9. The lowest BCUT2D eigenvalue weighted by Gasteiger charge is -2.21. The Morgan fingerprint density at radius 1 is 1.21 bits per heavy atom. The molecule has 0 saturated carbocycles. The van der Waals surface area contributed by atoms with Gasteiger partial charge in [-0.05, 0) is 55.0 Å². The highest BCUT2D eigenvalue weighted by atomic mass is 32.2. The van der Waals surface area contributed by atoms with E-state index in [0.717, 1.165) is 16.3 Å². The third kappa shape index (κ3) is 6.18. The number of hydrogen-bond donors (Lipinski definition) is 1. The van der Waals surface area contributed by atoms with Gasteiger partial charge < -0.3 is 19.7 Å². The Balaban J connectivity index is 1.35. The quantitative estimate of drug-likeness (QED) is 0.461. The third-order valence-corrected chi connectivity index (χ3v) is 6.99. The molecule has 2 aromatic carbocycles. The third-order valence-electron chi connectivity index (χ3n) is 5.16. The van der Waals surface area contributed by atoms with Crippen LogP contribution in [0.25, 0.3) is 6.08 Å². The van der Waals surface area contributed by atoms with Gasteiger partial charge >= 0.3 is 0 Å². The van der Waals surface area contributed by atoms with E-state index in [1.807, 2.05) is 36.6 Å². The summed E-state index contributed by atoms with van der Waals surface area (Å²) in [6.07, 6.45) is 3.24. The SMILES string of the molecule is COc1ccc(NC(=O)C2CSCN2C(=O)/C=C/c2cccc(OCc3csc(C)n3)c2)cc1. The highest BCUT2D eigenvalue weighted by Gasteiger charge is 2.33. The van der Waals surface area contributed by atoms with Crippen LogP contribution in [-0.2, 0) is 16.2 Å². The summed E-state index contributed by atoms with van der Waals surface area (Å²) in [7, 11) is 1.59. The molecule has 0 radical (unpaired) electrons. The average Bonchev–Trinajstić information content (AvgIpc) is 3.51. The number of methoxy groups -OCH3 is 1. The number of rotatable bonds is 8. The van der Waals surface area contributed by atoms with Crippen molar-refractivity contribution in [2.24, 2.45) is 0 Å². The smallest absolute Gasteiger partial charge is 0.248 e. The largest absolute Gasteiger partial charge is 0.497 e. The van der Waals surface area contributed by atoms with Crippen LogP contribution in [0.3, 0.4) is 0 Å². The summed E-state index contributed by atoms with van der Waals surface area (Å²) in [6, 6.07) is 14.1. The van der Waals surface area contributed by atoms with E-state index in [4.69, 9.17) is 9.47 Å². The lowest BCUT2D eigenvalue weighted by atomic mass is 10.2. The van der Waals surface area contributed by atoms with E-state index in [2.05, 4.69) is 10.3 Å². The Morgan fingerprint density at radius 2 is 2.03 bits per heavy atom. The second-order valence-corrected chi connectivity index (χ2v) is 9.66. The molecule has 1 fully saturated rings. The predicted molar refractivity (Wildman–Crippen MR) is 136 cm³/mol. The van der Waals surface area contributed by atoms with E-state index in [9.17, 15) is 9.59 Å². The van der Waals surface area contributed by atoms with Gasteiger partial charge in [0.15, 0.2) is 0 Å². The molecule has 2 amide bonds. The molecule has 1 aromatic heterocycles. The van der Waals surface area contributed by atoms with Crippen molar-refractivity contribution in [1.82, 2.24) is 9.88 Å². The Morgan fingerprint density at radius 3 is 2.76 bits per heavy atom. The fourth-order valence-corrected chi connectivity index (χ4v) is 5.14. The van der Waals surface area contributed by atoms with Crippen LogP contribution in [0.1, 0.15) is 16.3 Å². The summed E-state index contributed by atoms with van der Waals surface area (Å²) < 4.78 is 11.0. The van der Waals surface area contributed by atoms with Crippen LogP contribution in [0.2, 0.25) is 0 Å². The first-order valence-electron chi connectivity index (χ1n) is 10.7. The molecule has 34 heavy (non-hydrogen) atoms. The van der Waals surface area contributed by atoms with Gasteiger partial charge in [-0.25, -0.2) is 4.98 Å². The number of aromatic nitrogens is 1. The fourth-order valence-electron chi connectivity index (χ4n) is 3.38. The molecule has 7 nitrogen and oxygen atoms in total. The Hall–Kier alpha value is -3.30. The zero-order valence-corrected chi connectivity index (χ0v) is 20.5. The number of carbonyl (C=O) groups excluding carboxylic acids is 2. The molecule has 1 N–H and O–H groups in total. The molecule has 0 bridgehead atoms. The van der Waals surface area contributed by atoms with Gasteiger partial charge in [0.1, 0.15) is 24.1 Å². The van der Waals surface area contributed by atoms with Gasteiger partial charge in [-0.2, -0.15) is 0 Å². The number of thiazole rings is 1. The number of benzene rings is 2. The predicted octanol–water partition coefficient (Wildman–Crippen LogP) is 4.59. The summed E-state index contributed by atoms with van der Waals surface area (Å²) in [4.78, 5) is 31.6. The molecule has 0 spiro atoms. The molecular formula is C25H25N3O4S2. The number of anilines is 1. The molecule has 1 aliphatic heterocycles. The van der Waals surface area contributed by atoms with Gasteiger partial charge in [0.05, 0.1) is 23.7 Å². The number of ether oxygens (including phenoxy) is 2. The average molecular weight is 496 g/mol. The first-order valence-corrected chi connectivity index (χ1v) is 12.7. The maximum Gasteiger partial charge on any atom is 0.248 e. The van der Waals surface area contributed by atoms with Crippen LogP contribution in [0.5, 0.6) is 11.5 Å². The van der Waals surface area contributed by atoms with Crippen LogP contribution in [0.15, 0.2) is 60.0 Å². The van der Waals surface area contributed by atoms with Gasteiger partial charge in [0.25, 0.3) is 0 Å². The molecule has 1 saturated heterocycles. The molecule has 1 aliphatic rings. The highest BCUT2D eigenvalue weighted by Crippen LogP contribution is 2.24. The highest BCUT2D eigenvalue weighted by molar-refractivity contribution is 7.99. The van der Waals surface area contributed by atoms with Crippen LogP contribution in [0, 0.1) is 6.92 Å². The summed E-state index contributed by atoms with van der Waals surface area (Å²) in [6.45, 7) is 2.36. The van der Waals surface area contributed by atoms with Crippen LogP contribution >= 0.6 is 23.1 Å². The van der Waals surface area contributed by atoms with Crippen molar-refractivity contribution in [2.45, 2.75) is 19.6 Å². The first kappa shape index (κ1) is 23.8. The van der Waals surface area contributed by atoms with Gasteiger partial charge in [-0.1, -0.05) is 12.1 Å². The minimum Gasteiger partial charge on any atom is -0.497 e. The monoisotopic (exact) mass is 495 g/mol. The van der Waals surface area contributed by atoms with E-state index in [1.54, 1.807) is 65.4 Å². The summed E-state index contributed by atoms with van der Waals surface area (Å²) in [5.41, 5.74) is 2.39. The summed E-state index contributed by atoms with van der Waals surface area (Å²) >= 11 is 3.15. The zero-order chi connectivity index (χ0) is 23.9. The van der Waals surface area contributed by atoms with E-state index in [1.165, 1.54) is 6.08 Å². The molecule has 4 rings (SSSR count). The summed E-state index contributed by atoms with van der Waals surface area (Å²) in [5.74, 6) is 2.03. The molecule has 9 heteroatoms. The number of nitrogens with zero attached hydrogens (tertiary/aromatic N) is 2. The molecule has 1 atom stereocenters. The van der Waals surface area contributed by atoms with Crippen molar-refractivity contribution in [2.75, 3.05) is 24.1 Å². The van der Waals surface area contributed by atoms with E-state index in [0.29, 0.717) is 35.4 Å². The lowest BCUT2D eigenvalue weighted by molar-refractivity contribution is -0.132. The topological polar surface area (TPSA) is 80.8 Å². The van der Waals surface area contributed by atoms with Crippen molar-refractivity contribution in [3.63, 3.8) is 0 Å². The van der Waals surface area contributed by atoms with Crippen molar-refractivity contribution in [3.8, 4) is 11.5 Å². The maximum atomic E-state index is 12.9. The molecule has 2 heterocycles. The van der Waals surface area contributed by atoms with E-state index >= 15 is 0 Å². The van der Waals surface area contributed by atoms with Crippen molar-refractivity contribution in [3.05, 3.63) is 76.3 Å². The van der Waals surface area contributed by atoms with Crippen LogP contribution in [-0.4, -0.2) is 46.5 Å². The standard InChI is InChI=1S/C25H25N3O4S2/c1-17-26-20(14-34-17)13-32-22-5-3-4-18(12-22)6-11-24(29)28-16-33-15-23(28)25(30)27-19-7-9-21(31-2)10-8-19/h3-12,14,23H,13,15-16H2,1-2H3,(H,27,30)/b11-6+. The number of hydrogen-bond acceptors (Lipinski definition) is 7. The Labute approximate surface area is 206 Å². The van der Waals surface area contributed by atoms with Crippen molar-refractivity contribution in [1.29, 1.82) is 0 Å². The van der Waals surface area contributed by atoms with Gasteiger partial charge in [0.2, 0.25) is 11.8 Å². The van der Waals surface area contributed by atoms with Crippen LogP contribution < -0.4 is 14.8 Å². The lowest BCUT2D eigenvalue weighted by Crippen LogP contribution is -2.43. The maximum absolute atomic E-state index is 12.9. The number of thioether (sulfide) groups is 1. The number of nitrogens with one attached hydrogen (secondary N) is 1. The van der Waals surface area contributed by atoms with Gasteiger partial charge in [-0.3, -0.25) is 9.59 Å². The van der Waals surface area contributed by atoms with Gasteiger partial charge in [0, 0.05) is 22.9 Å². The van der Waals surface area contributed by atoms with E-state index < -0.39 is 6.04 Å². The first-order chi connectivity index (χ1) is 16.5. The Bertz CT molecular complexity index is 1180. The minimum absolute atomic E-state index is 0.204. The minimum atomic E-state index is -0.527. The molecule has 176 valence electrons. The fraction of sp³-hybridized carbons (Fsp3) is 0.240. The second kappa shape index (κ2) is 11.2. The number of amides is 2. The number of aryl methyl sites for hydroxylation is 1. The number of carbonyl (C=O) groups is 2. The van der Waals surface area contributed by atoms with Crippen LogP contribution in [0.4, 0.5) is 5.69 Å².